The van der Waals surface area contributed by atoms with Crippen LogP contribution in [0.2, 0.25) is 0 Å². The minimum atomic E-state index is -5.26. The van der Waals surface area contributed by atoms with Crippen molar-refractivity contribution >= 4 is 23.1 Å². The smallest absolute Gasteiger partial charge is 0.309 e. The Balaban J connectivity index is 2.56. The van der Waals surface area contributed by atoms with Crippen LogP contribution >= 0.6 is 0 Å². The second-order valence-electron chi connectivity index (χ2n) is 6.19. The molecule has 1 heterocycles. The van der Waals surface area contributed by atoms with E-state index < -0.39 is 33.2 Å². The maximum Gasteiger partial charge on any atom is 0.497 e. The van der Waals surface area contributed by atoms with Crippen molar-refractivity contribution in [1.82, 2.24) is 9.55 Å². The van der Waals surface area contributed by atoms with Crippen LogP contribution in [-0.4, -0.2) is 54.9 Å². The topological polar surface area (TPSA) is 89.8 Å². The van der Waals surface area contributed by atoms with Gasteiger partial charge in [-0.3, -0.25) is 19.7 Å². The lowest BCUT2D eigenvalue weighted by Gasteiger charge is -2.33. The van der Waals surface area contributed by atoms with Crippen molar-refractivity contribution in [2.24, 2.45) is 0 Å². The number of carbonyl (C=O) groups excluding carboxylic acids is 2. The number of allylic oxidation sites excluding steroid dienone is 1. The molecular weight excluding hydrogens is 371 g/mol. The predicted molar refractivity (Wildman–Crippen MR) is 88.5 cm³/mol. The molecule has 0 radical (unpaired) electrons. The van der Waals surface area contributed by atoms with Crippen molar-refractivity contribution in [3.8, 4) is 0 Å². The molecule has 0 saturated heterocycles. The van der Waals surface area contributed by atoms with Crippen LogP contribution in [0.4, 0.5) is 24.5 Å². The SMILES string of the molecule is CN(C)CCC[N+]1(OC(=O)C(F)(F)F)C=CC(=O)c2ccc([N+](=O)[O-])cc21. The highest BCUT2D eigenvalue weighted by atomic mass is 19.4. The molecule has 0 fully saturated rings. The second-order valence-corrected chi connectivity index (χ2v) is 6.19. The molecule has 0 aliphatic carbocycles. The Morgan fingerprint density at radius 2 is 2.00 bits per heavy atom. The number of carbonyl (C=O) groups is 2. The van der Waals surface area contributed by atoms with Crippen molar-refractivity contribution in [3.05, 3.63) is 46.2 Å². The van der Waals surface area contributed by atoms with E-state index in [1.807, 2.05) is 0 Å². The van der Waals surface area contributed by atoms with Crippen molar-refractivity contribution in [3.63, 3.8) is 0 Å². The third kappa shape index (κ3) is 4.49. The quantitative estimate of drug-likeness (QED) is 0.423. The number of hydrogen-bond acceptors (Lipinski definition) is 6. The van der Waals surface area contributed by atoms with E-state index in [0.29, 0.717) is 13.0 Å². The molecule has 0 amide bonds. The van der Waals surface area contributed by atoms with Crippen molar-refractivity contribution in [2.75, 3.05) is 27.2 Å². The summed E-state index contributed by atoms with van der Waals surface area (Å²) in [6.45, 7) is 0.313. The summed E-state index contributed by atoms with van der Waals surface area (Å²) in [7, 11) is 3.50. The number of fused-ring (bicyclic) bond motifs is 1. The van der Waals surface area contributed by atoms with E-state index in [-0.39, 0.29) is 17.8 Å². The third-order valence-electron chi connectivity index (χ3n) is 3.90. The summed E-state index contributed by atoms with van der Waals surface area (Å²) in [5.74, 6) is -3.01. The summed E-state index contributed by atoms with van der Waals surface area (Å²) in [4.78, 5) is 40.4. The molecule has 0 aromatic heterocycles. The Kier molecular flexibility index (Phi) is 5.66. The Hall–Kier alpha value is -2.79. The third-order valence-corrected chi connectivity index (χ3v) is 3.90. The summed E-state index contributed by atoms with van der Waals surface area (Å²) < 4.78 is 37.3. The standard InChI is InChI=1S/C16H17F3N3O5/c1-20(2)7-3-8-22(27-15(24)16(17,18)19)9-6-14(23)12-5-4-11(21(25)26)10-13(12)22/h4-6,9-10H,3,7-8H2,1-2H3/q+1. The van der Waals surface area contributed by atoms with Crippen LogP contribution in [0.15, 0.2) is 30.5 Å². The molecular formula is C16H17F3N3O5+. The lowest BCUT2D eigenvalue weighted by molar-refractivity contribution is -0.384. The molecule has 1 aliphatic rings. The monoisotopic (exact) mass is 388 g/mol. The summed E-state index contributed by atoms with van der Waals surface area (Å²) in [5, 5.41) is 11.1. The van der Waals surface area contributed by atoms with E-state index in [9.17, 15) is 32.9 Å². The summed E-state index contributed by atoms with van der Waals surface area (Å²) >= 11 is 0. The number of nitro benzene ring substituents is 1. The van der Waals surface area contributed by atoms with E-state index in [1.54, 1.807) is 19.0 Å². The molecule has 27 heavy (non-hydrogen) atoms. The molecule has 1 aromatic carbocycles. The van der Waals surface area contributed by atoms with E-state index in [2.05, 4.69) is 0 Å². The van der Waals surface area contributed by atoms with Gasteiger partial charge in [0.2, 0.25) is 0 Å². The van der Waals surface area contributed by atoms with E-state index in [0.717, 1.165) is 30.5 Å². The molecule has 1 aliphatic heterocycles. The van der Waals surface area contributed by atoms with Gasteiger partial charge < -0.3 is 4.90 Å². The minimum Gasteiger partial charge on any atom is -0.309 e. The van der Waals surface area contributed by atoms with Crippen LogP contribution in [-0.2, 0) is 9.63 Å². The van der Waals surface area contributed by atoms with Crippen LogP contribution in [0.3, 0.4) is 0 Å². The summed E-state index contributed by atoms with van der Waals surface area (Å²) in [5.41, 5.74) is -0.689. The van der Waals surface area contributed by atoms with Crippen molar-refractivity contribution < 1.29 is 32.5 Å². The van der Waals surface area contributed by atoms with Gasteiger partial charge in [-0.1, -0.05) is 4.65 Å². The highest BCUT2D eigenvalue weighted by Gasteiger charge is 2.50. The van der Waals surface area contributed by atoms with E-state index >= 15 is 0 Å². The van der Waals surface area contributed by atoms with Gasteiger partial charge >= 0.3 is 12.1 Å². The van der Waals surface area contributed by atoms with Gasteiger partial charge in [0.25, 0.3) is 5.69 Å². The van der Waals surface area contributed by atoms with Gasteiger partial charge in [0.1, 0.15) is 12.7 Å². The van der Waals surface area contributed by atoms with Gasteiger partial charge in [0.15, 0.2) is 11.5 Å². The van der Waals surface area contributed by atoms with Gasteiger partial charge in [-0.15, -0.1) is 0 Å². The number of halogens is 3. The van der Waals surface area contributed by atoms with Crippen LogP contribution in [0.5, 0.6) is 0 Å². The zero-order valence-electron chi connectivity index (χ0n) is 14.5. The Morgan fingerprint density at radius 3 is 2.56 bits per heavy atom. The zero-order valence-corrected chi connectivity index (χ0v) is 14.5. The molecule has 146 valence electrons. The van der Waals surface area contributed by atoms with Gasteiger partial charge in [-0.05, 0) is 20.2 Å². The number of alkyl halides is 3. The van der Waals surface area contributed by atoms with Gasteiger partial charge in [0.05, 0.1) is 16.6 Å². The highest BCUT2D eigenvalue weighted by molar-refractivity contribution is 6.10. The molecule has 1 unspecified atom stereocenters. The molecule has 0 saturated carbocycles. The number of ketones is 1. The fourth-order valence-electron chi connectivity index (χ4n) is 2.66. The maximum absolute atomic E-state index is 12.8. The first-order valence-corrected chi connectivity index (χ1v) is 7.82. The lowest BCUT2D eigenvalue weighted by Crippen LogP contribution is -2.51. The molecule has 11 heteroatoms. The van der Waals surface area contributed by atoms with Crippen molar-refractivity contribution in [1.29, 1.82) is 0 Å². The van der Waals surface area contributed by atoms with Crippen LogP contribution in [0.25, 0.3) is 0 Å². The Bertz CT molecular complexity index is 807. The largest absolute Gasteiger partial charge is 0.497 e. The average Bonchev–Trinajstić information content (AvgIpc) is 2.56. The van der Waals surface area contributed by atoms with Gasteiger partial charge in [0, 0.05) is 25.1 Å². The fourth-order valence-corrected chi connectivity index (χ4v) is 2.66. The number of rotatable bonds is 6. The molecule has 2 rings (SSSR count). The minimum absolute atomic E-state index is 0.0667. The first-order valence-electron chi connectivity index (χ1n) is 7.82. The second kappa shape index (κ2) is 7.45. The molecule has 1 aromatic rings. The van der Waals surface area contributed by atoms with Crippen LogP contribution in [0.1, 0.15) is 16.8 Å². The lowest BCUT2D eigenvalue weighted by atomic mass is 10.0. The molecule has 0 N–H and O–H groups in total. The highest BCUT2D eigenvalue weighted by Crippen LogP contribution is 2.37. The van der Waals surface area contributed by atoms with Crippen LogP contribution in [0, 0.1) is 10.1 Å². The Morgan fingerprint density at radius 1 is 1.33 bits per heavy atom. The summed E-state index contributed by atoms with van der Waals surface area (Å²) in [6, 6.07) is 3.16. The average molecular weight is 388 g/mol. The van der Waals surface area contributed by atoms with Crippen LogP contribution < -0.4 is 4.65 Å². The number of quaternary nitrogens is 1. The number of hydroxylamine groups is 2. The van der Waals surface area contributed by atoms with Gasteiger partial charge in [-0.2, -0.15) is 13.2 Å². The number of nitro groups is 1. The zero-order chi connectivity index (χ0) is 20.4. The molecule has 0 spiro atoms. The van der Waals surface area contributed by atoms with Gasteiger partial charge in [-0.25, -0.2) is 4.79 Å². The first kappa shape index (κ1) is 20.5. The Labute approximate surface area is 152 Å². The molecule has 8 nitrogen and oxygen atoms in total. The number of hydrogen-bond donors (Lipinski definition) is 0. The van der Waals surface area contributed by atoms with E-state index in [4.69, 9.17) is 4.84 Å². The first-order chi connectivity index (χ1) is 12.5. The normalized spacial score (nSPS) is 19.1. The molecule has 0 bridgehead atoms. The number of benzene rings is 1. The maximum atomic E-state index is 12.8. The number of nitrogens with zero attached hydrogens (tertiary/aromatic N) is 3. The predicted octanol–water partition coefficient (Wildman–Crippen LogP) is 2.58. The number of non-ortho nitro benzene ring substituents is 1. The van der Waals surface area contributed by atoms with E-state index in [1.165, 1.54) is 0 Å². The fraction of sp³-hybridized carbons (Fsp3) is 0.375. The van der Waals surface area contributed by atoms with Crippen molar-refractivity contribution in [2.45, 2.75) is 12.6 Å². The molecule has 1 atom stereocenters. The summed E-state index contributed by atoms with van der Waals surface area (Å²) in [6.07, 6.45) is -2.97.